The lowest BCUT2D eigenvalue weighted by molar-refractivity contribution is -0.197. The van der Waals surface area contributed by atoms with Crippen LogP contribution >= 0.6 is 0 Å². The second-order valence-corrected chi connectivity index (χ2v) is 11.1. The fraction of sp³-hybridized carbons (Fsp3) is 0.519. The number of fused-ring (bicyclic) bond motifs is 2. The molecule has 12 nitrogen and oxygen atoms in total. The number of aryl methyl sites for hydroxylation is 2. The molecule has 206 valence electrons. The average Bonchev–Trinajstić information content (AvgIpc) is 3.45. The van der Waals surface area contributed by atoms with E-state index < -0.39 is 17.2 Å². The van der Waals surface area contributed by atoms with Crippen molar-refractivity contribution in [2.75, 3.05) is 31.2 Å². The monoisotopic (exact) mass is 533 g/mol. The quantitative estimate of drug-likeness (QED) is 0.348. The number of carbonyl (C=O) groups excluding carboxylic acids is 1. The van der Waals surface area contributed by atoms with Crippen LogP contribution in [-0.2, 0) is 23.0 Å². The summed E-state index contributed by atoms with van der Waals surface area (Å²) in [6.07, 6.45) is 5.39. The number of nitrogens with two attached hydrogens (primary N) is 2. The second-order valence-electron chi connectivity index (χ2n) is 11.1. The molecule has 12 heteroatoms. The average molecular weight is 534 g/mol. The Hall–Kier alpha value is -3.77. The molecule has 2 atom stereocenters. The van der Waals surface area contributed by atoms with Gasteiger partial charge in [-0.3, -0.25) is 4.79 Å². The molecule has 3 aromatic heterocycles. The van der Waals surface area contributed by atoms with E-state index in [-0.39, 0.29) is 24.3 Å². The van der Waals surface area contributed by atoms with Crippen molar-refractivity contribution >= 4 is 39.9 Å². The number of para-hydroxylation sites is 2. The number of anilines is 2. The second kappa shape index (κ2) is 9.45. The van der Waals surface area contributed by atoms with Crippen molar-refractivity contribution in [2.24, 2.45) is 7.05 Å². The lowest BCUT2D eigenvalue weighted by Gasteiger charge is -2.51. The topological polar surface area (TPSA) is 163 Å². The molecular weight excluding hydrogens is 498 g/mol. The molecule has 1 amide bonds. The van der Waals surface area contributed by atoms with Crippen LogP contribution in [0.4, 0.5) is 11.8 Å². The van der Waals surface area contributed by atoms with E-state index in [4.69, 9.17) is 21.2 Å². The number of amides is 1. The molecule has 2 fully saturated rings. The third kappa shape index (κ3) is 4.57. The molecule has 39 heavy (non-hydrogen) atoms. The highest BCUT2D eigenvalue weighted by molar-refractivity contribution is 5.82. The number of ether oxygens (including phenoxy) is 1. The van der Waals surface area contributed by atoms with Crippen LogP contribution < -0.4 is 11.5 Å². The first-order valence-electron chi connectivity index (χ1n) is 13.5. The van der Waals surface area contributed by atoms with Crippen molar-refractivity contribution in [3.8, 4) is 0 Å². The van der Waals surface area contributed by atoms with E-state index >= 15 is 0 Å². The highest BCUT2D eigenvalue weighted by Gasteiger charge is 2.50. The smallest absolute Gasteiger partial charge is 0.224 e. The van der Waals surface area contributed by atoms with E-state index in [0.717, 1.165) is 29.7 Å². The number of carbonyl (C=O) groups is 1. The summed E-state index contributed by atoms with van der Waals surface area (Å²) < 4.78 is 10.3. The molecule has 0 bridgehead atoms. The lowest BCUT2D eigenvalue weighted by Crippen LogP contribution is -2.57. The number of piperidine rings is 1. The molecule has 5 heterocycles. The molecule has 1 spiro atoms. The van der Waals surface area contributed by atoms with Crippen molar-refractivity contribution in [3.05, 3.63) is 36.4 Å². The maximum atomic E-state index is 13.0. The van der Waals surface area contributed by atoms with Gasteiger partial charge in [-0.25, -0.2) is 9.97 Å². The summed E-state index contributed by atoms with van der Waals surface area (Å²) in [6.45, 7) is 3.33. The Labute approximate surface area is 226 Å². The predicted molar refractivity (Wildman–Crippen MR) is 147 cm³/mol. The van der Waals surface area contributed by atoms with Crippen LogP contribution in [-0.4, -0.2) is 75.9 Å². The third-order valence-electron chi connectivity index (χ3n) is 8.44. The third-order valence-corrected chi connectivity index (χ3v) is 8.44. The highest BCUT2D eigenvalue weighted by atomic mass is 16.5. The Morgan fingerprint density at radius 2 is 1.95 bits per heavy atom. The summed E-state index contributed by atoms with van der Waals surface area (Å²) in [5, 5.41) is 11.6. The van der Waals surface area contributed by atoms with E-state index in [1.54, 1.807) is 10.9 Å². The van der Waals surface area contributed by atoms with E-state index in [1.807, 2.05) is 37.1 Å². The van der Waals surface area contributed by atoms with Crippen molar-refractivity contribution in [1.82, 2.24) is 34.0 Å². The van der Waals surface area contributed by atoms with Crippen LogP contribution in [0, 0.1) is 0 Å². The maximum Gasteiger partial charge on any atom is 0.224 e. The van der Waals surface area contributed by atoms with Gasteiger partial charge in [0.1, 0.15) is 11.3 Å². The van der Waals surface area contributed by atoms with Crippen molar-refractivity contribution < 1.29 is 14.6 Å². The number of hydrogen-bond acceptors (Lipinski definition) is 9. The first kappa shape index (κ1) is 25.5. The minimum atomic E-state index is -1.09. The molecule has 0 aliphatic carbocycles. The largest absolute Gasteiger partial charge is 0.388 e. The zero-order valence-corrected chi connectivity index (χ0v) is 22.4. The number of hydrogen-bond donors (Lipinski definition) is 3. The number of nitrogen functional groups attached to an aromatic ring is 2. The molecule has 2 aliphatic rings. The van der Waals surface area contributed by atoms with E-state index in [1.165, 1.54) is 0 Å². The summed E-state index contributed by atoms with van der Waals surface area (Å²) in [4.78, 5) is 32.2. The number of rotatable bonds is 5. The molecule has 5 N–H and O–H groups in total. The summed E-state index contributed by atoms with van der Waals surface area (Å²) >= 11 is 0. The molecule has 6 rings (SSSR count). The van der Waals surface area contributed by atoms with Gasteiger partial charge in [-0.2, -0.15) is 9.97 Å². The summed E-state index contributed by atoms with van der Waals surface area (Å²) in [5.41, 5.74) is 13.2. The first-order valence-corrected chi connectivity index (χ1v) is 13.5. The standard InChI is InChI=1S/C27H35N9O3/c1-26(38)15-27(39-14-19(26)36-16-30-22-23(28)32-25(29)33-24(22)36)10-12-35(13-11-27)21(37)9-5-8-20-31-17-6-3-4-7-18(17)34(20)2/h3-4,6-7,16,19,38H,5,8-15H2,1-2H3,(H4,28,29,32,33)/t19-,26-/m1/s1. The van der Waals surface area contributed by atoms with Gasteiger partial charge in [0.2, 0.25) is 11.9 Å². The number of aromatic nitrogens is 6. The SMILES string of the molecule is Cn1c(CCCC(=O)N2CCC3(CC2)C[C@@](C)(O)[C@H](n2cnc4c(N)nc(N)nc42)CO3)nc2ccccc21. The van der Waals surface area contributed by atoms with Gasteiger partial charge in [0, 0.05) is 39.4 Å². The van der Waals surface area contributed by atoms with Crippen LogP contribution in [0.2, 0.25) is 0 Å². The fourth-order valence-electron chi connectivity index (χ4n) is 6.28. The molecule has 0 radical (unpaired) electrons. The summed E-state index contributed by atoms with van der Waals surface area (Å²) in [5.74, 6) is 1.41. The Balaban J connectivity index is 1.05. The number of likely N-dealkylation sites (tertiary alicyclic amines) is 1. The van der Waals surface area contributed by atoms with Gasteiger partial charge in [0.05, 0.1) is 41.2 Å². The fourth-order valence-corrected chi connectivity index (χ4v) is 6.28. The Morgan fingerprint density at radius 1 is 1.18 bits per heavy atom. The molecular formula is C27H35N9O3. The number of benzene rings is 1. The predicted octanol–water partition coefficient (Wildman–Crippen LogP) is 1.97. The van der Waals surface area contributed by atoms with Crippen LogP contribution in [0.15, 0.2) is 30.6 Å². The molecule has 0 saturated carbocycles. The minimum Gasteiger partial charge on any atom is -0.388 e. The lowest BCUT2D eigenvalue weighted by atomic mass is 9.75. The maximum absolute atomic E-state index is 13.0. The molecule has 0 unspecified atom stereocenters. The zero-order chi connectivity index (χ0) is 27.4. The van der Waals surface area contributed by atoms with Crippen molar-refractivity contribution in [2.45, 2.75) is 62.7 Å². The van der Waals surface area contributed by atoms with E-state index in [0.29, 0.717) is 49.9 Å². The molecule has 4 aromatic rings. The number of aliphatic hydroxyl groups is 1. The Kier molecular flexibility index (Phi) is 6.18. The molecule has 2 saturated heterocycles. The van der Waals surface area contributed by atoms with Gasteiger partial charge in [0.25, 0.3) is 0 Å². The van der Waals surface area contributed by atoms with Crippen LogP contribution in [0.1, 0.15) is 50.9 Å². The van der Waals surface area contributed by atoms with Gasteiger partial charge < -0.3 is 35.3 Å². The van der Waals surface area contributed by atoms with Gasteiger partial charge >= 0.3 is 0 Å². The van der Waals surface area contributed by atoms with Crippen molar-refractivity contribution in [3.63, 3.8) is 0 Å². The Bertz CT molecular complexity index is 1530. The first-order chi connectivity index (χ1) is 18.7. The van der Waals surface area contributed by atoms with Gasteiger partial charge in [-0.1, -0.05) is 12.1 Å². The van der Waals surface area contributed by atoms with Gasteiger partial charge in [0.15, 0.2) is 11.5 Å². The highest BCUT2D eigenvalue weighted by Crippen LogP contribution is 2.44. The van der Waals surface area contributed by atoms with Crippen LogP contribution in [0.25, 0.3) is 22.2 Å². The molecule has 2 aliphatic heterocycles. The van der Waals surface area contributed by atoms with Crippen LogP contribution in [0.5, 0.6) is 0 Å². The molecule has 1 aromatic carbocycles. The summed E-state index contributed by atoms with van der Waals surface area (Å²) in [6, 6.07) is 7.66. The Morgan fingerprint density at radius 3 is 2.69 bits per heavy atom. The zero-order valence-electron chi connectivity index (χ0n) is 22.4. The summed E-state index contributed by atoms with van der Waals surface area (Å²) in [7, 11) is 2.02. The van der Waals surface area contributed by atoms with Gasteiger partial charge in [-0.15, -0.1) is 0 Å². The van der Waals surface area contributed by atoms with Crippen molar-refractivity contribution in [1.29, 1.82) is 0 Å². The van der Waals surface area contributed by atoms with E-state index in [9.17, 15) is 9.90 Å². The van der Waals surface area contributed by atoms with Crippen LogP contribution in [0.3, 0.4) is 0 Å². The van der Waals surface area contributed by atoms with E-state index in [2.05, 4.69) is 25.6 Å². The minimum absolute atomic E-state index is 0.0555. The normalized spacial score (nSPS) is 23.2. The van der Waals surface area contributed by atoms with Gasteiger partial charge in [-0.05, 0) is 38.3 Å². The number of nitrogens with zero attached hydrogens (tertiary/aromatic N) is 7. The number of imidazole rings is 2.